The fourth-order valence-electron chi connectivity index (χ4n) is 1.94. The van der Waals surface area contributed by atoms with Crippen molar-refractivity contribution in [1.29, 1.82) is 0 Å². The van der Waals surface area contributed by atoms with Crippen molar-refractivity contribution < 1.29 is 9.90 Å². The molecular weight excluding hydrogens is 192 g/mol. The van der Waals surface area contributed by atoms with Gasteiger partial charge in [0.25, 0.3) is 5.91 Å². The van der Waals surface area contributed by atoms with Crippen LogP contribution in [0.3, 0.4) is 0 Å². The first-order valence-corrected chi connectivity index (χ1v) is 5.07. The van der Waals surface area contributed by atoms with Gasteiger partial charge in [0.2, 0.25) is 0 Å². The summed E-state index contributed by atoms with van der Waals surface area (Å²) in [5, 5.41) is 9.46. The van der Waals surface area contributed by atoms with E-state index in [0.29, 0.717) is 18.5 Å². The van der Waals surface area contributed by atoms with Gasteiger partial charge in [-0.05, 0) is 25.5 Å². The van der Waals surface area contributed by atoms with E-state index in [-0.39, 0.29) is 18.1 Å². The topological polar surface area (TPSA) is 53.4 Å². The molecule has 15 heavy (non-hydrogen) atoms. The van der Waals surface area contributed by atoms with E-state index in [0.717, 1.165) is 0 Å². The van der Waals surface area contributed by atoms with Gasteiger partial charge >= 0.3 is 0 Å². The van der Waals surface area contributed by atoms with Crippen molar-refractivity contribution in [2.45, 2.75) is 25.5 Å². The number of aliphatic hydroxyl groups is 1. The van der Waals surface area contributed by atoms with Gasteiger partial charge in [-0.1, -0.05) is 0 Å². The van der Waals surface area contributed by atoms with Crippen molar-refractivity contribution in [2.75, 3.05) is 6.54 Å². The average Bonchev–Trinajstić information content (AvgIpc) is 2.58. The zero-order valence-electron chi connectivity index (χ0n) is 8.63. The Morgan fingerprint density at radius 3 is 3.00 bits per heavy atom. The highest BCUT2D eigenvalue weighted by Gasteiger charge is 2.31. The largest absolute Gasteiger partial charge is 0.391 e. The number of hydrogen-bond donors (Lipinski definition) is 1. The molecule has 0 spiro atoms. The summed E-state index contributed by atoms with van der Waals surface area (Å²) in [6.45, 7) is 2.37. The third-order valence-corrected chi connectivity index (χ3v) is 2.72. The molecule has 0 saturated carbocycles. The number of aromatic nitrogens is 1. The van der Waals surface area contributed by atoms with Crippen LogP contribution in [0.5, 0.6) is 0 Å². The van der Waals surface area contributed by atoms with Crippen molar-refractivity contribution in [3.8, 4) is 0 Å². The van der Waals surface area contributed by atoms with Gasteiger partial charge in [-0.2, -0.15) is 0 Å². The number of β-amino-alcohol motifs (C(OH)–C–C–N with tert-alkyl or cyclic N) is 1. The Hall–Kier alpha value is -1.42. The number of aliphatic hydroxyl groups excluding tert-OH is 1. The van der Waals surface area contributed by atoms with Gasteiger partial charge in [-0.25, -0.2) is 0 Å². The molecule has 1 saturated heterocycles. The number of carbonyl (C=O) groups excluding carboxylic acids is 1. The van der Waals surface area contributed by atoms with Crippen LogP contribution in [-0.2, 0) is 0 Å². The molecule has 0 radical (unpaired) electrons. The number of carbonyl (C=O) groups is 1. The molecule has 4 heteroatoms. The second-order valence-corrected chi connectivity index (χ2v) is 3.94. The molecular formula is C11H14N2O2. The smallest absolute Gasteiger partial charge is 0.255 e. The molecule has 1 N–H and O–H groups in total. The van der Waals surface area contributed by atoms with Crippen LogP contribution in [0.1, 0.15) is 23.7 Å². The van der Waals surface area contributed by atoms with E-state index in [1.807, 2.05) is 6.92 Å². The molecule has 0 aromatic carbocycles. The van der Waals surface area contributed by atoms with Crippen molar-refractivity contribution in [3.63, 3.8) is 0 Å². The summed E-state index contributed by atoms with van der Waals surface area (Å²) in [5.41, 5.74) is 0.582. The minimum absolute atomic E-state index is 0.0489. The maximum Gasteiger partial charge on any atom is 0.255 e. The Bertz CT molecular complexity index is 353. The normalized spacial score (nSPS) is 25.6. The summed E-state index contributed by atoms with van der Waals surface area (Å²) in [5.74, 6) is -0.0489. The van der Waals surface area contributed by atoms with E-state index in [1.165, 1.54) is 0 Å². The van der Waals surface area contributed by atoms with Gasteiger partial charge < -0.3 is 10.0 Å². The maximum absolute atomic E-state index is 12.0. The van der Waals surface area contributed by atoms with Crippen molar-refractivity contribution >= 4 is 5.91 Å². The predicted octanol–water partition coefficient (Wildman–Crippen LogP) is 0.677. The lowest BCUT2D eigenvalue weighted by molar-refractivity contribution is 0.0725. The number of amides is 1. The molecule has 1 aromatic rings. The Balaban J connectivity index is 2.15. The lowest BCUT2D eigenvalue weighted by atomic mass is 10.2. The van der Waals surface area contributed by atoms with E-state index in [4.69, 9.17) is 0 Å². The van der Waals surface area contributed by atoms with E-state index in [1.54, 1.807) is 29.4 Å². The van der Waals surface area contributed by atoms with Gasteiger partial charge in [-0.15, -0.1) is 0 Å². The number of pyridine rings is 1. The highest BCUT2D eigenvalue weighted by molar-refractivity contribution is 5.94. The molecule has 1 aliphatic rings. The Morgan fingerprint density at radius 1 is 1.67 bits per heavy atom. The van der Waals surface area contributed by atoms with Gasteiger partial charge in [0.15, 0.2) is 0 Å². The summed E-state index contributed by atoms with van der Waals surface area (Å²) in [6, 6.07) is 3.59. The summed E-state index contributed by atoms with van der Waals surface area (Å²) in [7, 11) is 0. The van der Waals surface area contributed by atoms with Crippen LogP contribution in [0.4, 0.5) is 0 Å². The molecule has 2 rings (SSSR count). The summed E-state index contributed by atoms with van der Waals surface area (Å²) in [4.78, 5) is 17.6. The van der Waals surface area contributed by atoms with Crippen LogP contribution in [0, 0.1) is 0 Å². The predicted molar refractivity (Wildman–Crippen MR) is 55.4 cm³/mol. The monoisotopic (exact) mass is 206 g/mol. The van der Waals surface area contributed by atoms with Gasteiger partial charge in [0.05, 0.1) is 11.7 Å². The molecule has 1 aromatic heterocycles. The Kier molecular flexibility index (Phi) is 2.68. The molecule has 1 amide bonds. The average molecular weight is 206 g/mol. The van der Waals surface area contributed by atoms with Crippen LogP contribution in [-0.4, -0.2) is 39.6 Å². The van der Waals surface area contributed by atoms with Gasteiger partial charge in [0, 0.05) is 25.0 Å². The first-order valence-electron chi connectivity index (χ1n) is 5.07. The van der Waals surface area contributed by atoms with Crippen LogP contribution < -0.4 is 0 Å². The molecule has 0 unspecified atom stereocenters. The van der Waals surface area contributed by atoms with Crippen LogP contribution in [0.25, 0.3) is 0 Å². The van der Waals surface area contributed by atoms with Gasteiger partial charge in [0.1, 0.15) is 0 Å². The molecule has 80 valence electrons. The van der Waals surface area contributed by atoms with Crippen LogP contribution in [0.15, 0.2) is 24.5 Å². The maximum atomic E-state index is 12.0. The SMILES string of the molecule is C[C@@H]1C[C@@H](O)CN1C(=O)c1cccnc1. The third kappa shape index (κ3) is 1.99. The highest BCUT2D eigenvalue weighted by atomic mass is 16.3. The van der Waals surface area contributed by atoms with Crippen molar-refractivity contribution in [1.82, 2.24) is 9.88 Å². The molecule has 0 aliphatic carbocycles. The number of nitrogens with zero attached hydrogens (tertiary/aromatic N) is 2. The van der Waals surface area contributed by atoms with Crippen molar-refractivity contribution in [2.24, 2.45) is 0 Å². The van der Waals surface area contributed by atoms with E-state index >= 15 is 0 Å². The lowest BCUT2D eigenvalue weighted by Gasteiger charge is -2.20. The molecule has 2 atom stereocenters. The number of rotatable bonds is 1. The molecule has 4 nitrogen and oxygen atoms in total. The minimum Gasteiger partial charge on any atom is -0.391 e. The lowest BCUT2D eigenvalue weighted by Crippen LogP contribution is -2.34. The van der Waals surface area contributed by atoms with E-state index in [2.05, 4.69) is 4.98 Å². The minimum atomic E-state index is -0.388. The number of likely N-dealkylation sites (tertiary alicyclic amines) is 1. The van der Waals surface area contributed by atoms with E-state index < -0.39 is 0 Å². The molecule has 2 heterocycles. The zero-order chi connectivity index (χ0) is 10.8. The standard InChI is InChI=1S/C11H14N2O2/c1-8-5-10(14)7-13(8)11(15)9-3-2-4-12-6-9/h2-4,6,8,10,14H,5,7H2,1H3/t8-,10-/m1/s1. The first-order chi connectivity index (χ1) is 7.18. The van der Waals surface area contributed by atoms with E-state index in [9.17, 15) is 9.90 Å². The van der Waals surface area contributed by atoms with Crippen LogP contribution >= 0.6 is 0 Å². The fourth-order valence-corrected chi connectivity index (χ4v) is 1.94. The highest BCUT2D eigenvalue weighted by Crippen LogP contribution is 2.19. The van der Waals surface area contributed by atoms with Crippen LogP contribution in [0.2, 0.25) is 0 Å². The number of hydrogen-bond acceptors (Lipinski definition) is 3. The molecule has 1 fully saturated rings. The second-order valence-electron chi connectivity index (χ2n) is 3.94. The Labute approximate surface area is 88.6 Å². The quantitative estimate of drug-likeness (QED) is 0.735. The molecule has 1 aliphatic heterocycles. The zero-order valence-corrected chi connectivity index (χ0v) is 8.63. The van der Waals surface area contributed by atoms with Crippen molar-refractivity contribution in [3.05, 3.63) is 30.1 Å². The summed E-state index contributed by atoms with van der Waals surface area (Å²) >= 11 is 0. The summed E-state index contributed by atoms with van der Waals surface area (Å²) in [6.07, 6.45) is 3.46. The third-order valence-electron chi connectivity index (χ3n) is 2.72. The fraction of sp³-hybridized carbons (Fsp3) is 0.455. The van der Waals surface area contributed by atoms with Gasteiger partial charge in [-0.3, -0.25) is 9.78 Å². The summed E-state index contributed by atoms with van der Waals surface area (Å²) < 4.78 is 0. The second kappa shape index (κ2) is 3.98. The molecule has 0 bridgehead atoms. The Morgan fingerprint density at radius 2 is 2.47 bits per heavy atom. The first kappa shape index (κ1) is 10.1.